The third kappa shape index (κ3) is 2.30. The number of carbonyl (C=O) groups excluding carboxylic acids is 1. The van der Waals surface area contributed by atoms with Crippen LogP contribution in [0.1, 0.15) is 34.8 Å². The lowest BCUT2D eigenvalue weighted by atomic mass is 10.1. The maximum Gasteiger partial charge on any atom is 0.274 e. The second kappa shape index (κ2) is 4.81. The van der Waals surface area contributed by atoms with Crippen molar-refractivity contribution in [3.8, 4) is 0 Å². The van der Waals surface area contributed by atoms with Gasteiger partial charge in [-0.05, 0) is 30.7 Å². The van der Waals surface area contributed by atoms with Gasteiger partial charge in [0.2, 0.25) is 0 Å². The third-order valence-electron chi connectivity index (χ3n) is 2.97. The Morgan fingerprint density at radius 2 is 2.29 bits per heavy atom. The molecular formula is C12H15FN2O2. The van der Waals surface area contributed by atoms with Crippen molar-refractivity contribution in [1.82, 2.24) is 10.4 Å². The Bertz CT molecular complexity index is 448. The Labute approximate surface area is 99.0 Å². The molecule has 0 spiro atoms. The predicted octanol–water partition coefficient (Wildman–Crippen LogP) is 1.67. The molecule has 17 heavy (non-hydrogen) atoms. The molecule has 4 nitrogen and oxygen atoms in total. The van der Waals surface area contributed by atoms with Gasteiger partial charge in [-0.15, -0.1) is 0 Å². The molecule has 1 aromatic carbocycles. The molecule has 1 amide bonds. The fourth-order valence-corrected chi connectivity index (χ4v) is 2.20. The Morgan fingerprint density at radius 3 is 2.94 bits per heavy atom. The fourth-order valence-electron chi connectivity index (χ4n) is 2.20. The molecular weight excluding hydrogens is 223 g/mol. The van der Waals surface area contributed by atoms with Gasteiger partial charge in [-0.1, -0.05) is 6.92 Å². The first-order valence-corrected chi connectivity index (χ1v) is 5.63. The molecule has 2 rings (SSSR count). The minimum absolute atomic E-state index is 0.155. The number of hydrogen-bond acceptors (Lipinski definition) is 3. The maximum atomic E-state index is 13.8. The van der Waals surface area contributed by atoms with Crippen LogP contribution in [0.2, 0.25) is 0 Å². The van der Waals surface area contributed by atoms with Crippen molar-refractivity contribution in [3.63, 3.8) is 0 Å². The van der Waals surface area contributed by atoms with Crippen LogP contribution in [0.3, 0.4) is 0 Å². The van der Waals surface area contributed by atoms with Crippen LogP contribution in [0, 0.1) is 5.82 Å². The van der Waals surface area contributed by atoms with E-state index in [4.69, 9.17) is 5.21 Å². The lowest BCUT2D eigenvalue weighted by Gasteiger charge is -2.11. The van der Waals surface area contributed by atoms with Crippen molar-refractivity contribution in [2.75, 3.05) is 6.54 Å². The molecule has 0 saturated carbocycles. The molecule has 1 aliphatic heterocycles. The number of hydroxylamine groups is 1. The van der Waals surface area contributed by atoms with Crippen molar-refractivity contribution >= 4 is 5.91 Å². The van der Waals surface area contributed by atoms with Gasteiger partial charge in [0, 0.05) is 24.2 Å². The Balaban J connectivity index is 2.29. The number of carbonyl (C=O) groups is 1. The molecule has 1 heterocycles. The van der Waals surface area contributed by atoms with E-state index in [0.29, 0.717) is 18.7 Å². The van der Waals surface area contributed by atoms with E-state index in [0.717, 1.165) is 18.5 Å². The van der Waals surface area contributed by atoms with Gasteiger partial charge in [-0.3, -0.25) is 14.9 Å². The van der Waals surface area contributed by atoms with Crippen LogP contribution in [0.5, 0.6) is 0 Å². The predicted molar refractivity (Wildman–Crippen MR) is 60.1 cm³/mol. The largest absolute Gasteiger partial charge is 0.295 e. The second-order valence-electron chi connectivity index (χ2n) is 4.25. The number of nitrogens with zero attached hydrogens (tertiary/aromatic N) is 1. The van der Waals surface area contributed by atoms with Gasteiger partial charge in [-0.25, -0.2) is 9.87 Å². The summed E-state index contributed by atoms with van der Waals surface area (Å²) in [7, 11) is 0. The van der Waals surface area contributed by atoms with Gasteiger partial charge in [-0.2, -0.15) is 0 Å². The standard InChI is InChI=1S/C12H15FN2O2/c1-2-3-15-6-9-4-8(12(16)14-17)5-11(13)10(9)7-15/h4-5,17H,2-3,6-7H2,1H3,(H,14,16). The summed E-state index contributed by atoms with van der Waals surface area (Å²) >= 11 is 0. The topological polar surface area (TPSA) is 52.6 Å². The number of hydrogen-bond donors (Lipinski definition) is 2. The highest BCUT2D eigenvalue weighted by atomic mass is 19.1. The molecule has 1 aromatic rings. The van der Waals surface area contributed by atoms with Crippen molar-refractivity contribution in [1.29, 1.82) is 0 Å². The highest BCUT2D eigenvalue weighted by Crippen LogP contribution is 2.26. The average molecular weight is 238 g/mol. The molecule has 0 fully saturated rings. The van der Waals surface area contributed by atoms with Gasteiger partial charge in [0.25, 0.3) is 5.91 Å². The van der Waals surface area contributed by atoms with Crippen molar-refractivity contribution < 1.29 is 14.4 Å². The van der Waals surface area contributed by atoms with Gasteiger partial charge < -0.3 is 0 Å². The number of nitrogens with one attached hydrogen (secondary N) is 1. The molecule has 0 aromatic heterocycles. The lowest BCUT2D eigenvalue weighted by Crippen LogP contribution is -2.19. The van der Waals surface area contributed by atoms with Crippen LogP contribution in [0.4, 0.5) is 4.39 Å². The zero-order chi connectivity index (χ0) is 12.4. The Hall–Kier alpha value is -1.46. The summed E-state index contributed by atoms with van der Waals surface area (Å²) in [6.45, 7) is 4.24. The molecule has 0 unspecified atom stereocenters. The highest BCUT2D eigenvalue weighted by molar-refractivity contribution is 5.93. The van der Waals surface area contributed by atoms with Gasteiger partial charge in [0.1, 0.15) is 5.82 Å². The van der Waals surface area contributed by atoms with E-state index in [-0.39, 0.29) is 11.4 Å². The van der Waals surface area contributed by atoms with Gasteiger partial charge >= 0.3 is 0 Å². The summed E-state index contributed by atoms with van der Waals surface area (Å²) in [5.41, 5.74) is 3.16. The maximum absolute atomic E-state index is 13.8. The molecule has 0 atom stereocenters. The van der Waals surface area contributed by atoms with E-state index >= 15 is 0 Å². The van der Waals surface area contributed by atoms with Crippen LogP contribution in [0.25, 0.3) is 0 Å². The third-order valence-corrected chi connectivity index (χ3v) is 2.97. The highest BCUT2D eigenvalue weighted by Gasteiger charge is 2.23. The number of fused-ring (bicyclic) bond motifs is 1. The average Bonchev–Trinajstić information content (AvgIpc) is 2.71. The van der Waals surface area contributed by atoms with Crippen LogP contribution >= 0.6 is 0 Å². The minimum atomic E-state index is -0.680. The van der Waals surface area contributed by atoms with Crippen molar-refractivity contribution in [3.05, 3.63) is 34.6 Å². The van der Waals surface area contributed by atoms with E-state index in [1.807, 2.05) is 0 Å². The van der Waals surface area contributed by atoms with E-state index < -0.39 is 5.91 Å². The number of benzene rings is 1. The number of halogens is 1. The molecule has 0 bridgehead atoms. The van der Waals surface area contributed by atoms with Crippen LogP contribution in [0.15, 0.2) is 12.1 Å². The zero-order valence-electron chi connectivity index (χ0n) is 9.66. The summed E-state index contributed by atoms with van der Waals surface area (Å²) < 4.78 is 13.8. The van der Waals surface area contributed by atoms with Gasteiger partial charge in [0.15, 0.2) is 0 Å². The molecule has 1 aliphatic rings. The summed E-state index contributed by atoms with van der Waals surface area (Å²) in [5, 5.41) is 8.53. The fraction of sp³-hybridized carbons (Fsp3) is 0.417. The van der Waals surface area contributed by atoms with E-state index in [9.17, 15) is 9.18 Å². The quantitative estimate of drug-likeness (QED) is 0.622. The van der Waals surface area contributed by atoms with Crippen molar-refractivity contribution in [2.45, 2.75) is 26.4 Å². The lowest BCUT2D eigenvalue weighted by molar-refractivity contribution is 0.0706. The molecule has 5 heteroatoms. The normalized spacial score (nSPS) is 14.8. The minimum Gasteiger partial charge on any atom is -0.295 e. The van der Waals surface area contributed by atoms with Crippen LogP contribution < -0.4 is 5.48 Å². The summed E-state index contributed by atoms with van der Waals surface area (Å²) in [6, 6.07) is 2.81. The van der Waals surface area contributed by atoms with Gasteiger partial charge in [0.05, 0.1) is 0 Å². The molecule has 92 valence electrons. The molecule has 2 N–H and O–H groups in total. The first-order chi connectivity index (χ1) is 8.15. The zero-order valence-corrected chi connectivity index (χ0v) is 9.66. The van der Waals surface area contributed by atoms with Crippen molar-refractivity contribution in [2.24, 2.45) is 0 Å². The molecule has 0 aliphatic carbocycles. The monoisotopic (exact) mass is 238 g/mol. The first kappa shape index (κ1) is 12.0. The number of rotatable bonds is 3. The summed E-state index contributed by atoms with van der Waals surface area (Å²) in [6.07, 6.45) is 1.01. The van der Waals surface area contributed by atoms with E-state index in [1.165, 1.54) is 11.5 Å². The summed E-state index contributed by atoms with van der Waals surface area (Å²) in [5.74, 6) is -1.06. The second-order valence-corrected chi connectivity index (χ2v) is 4.25. The van der Waals surface area contributed by atoms with E-state index in [1.54, 1.807) is 6.07 Å². The SMILES string of the molecule is CCCN1Cc2cc(C(=O)NO)cc(F)c2C1. The first-order valence-electron chi connectivity index (χ1n) is 5.63. The van der Waals surface area contributed by atoms with E-state index in [2.05, 4.69) is 11.8 Å². The Morgan fingerprint density at radius 1 is 1.53 bits per heavy atom. The molecule has 0 radical (unpaired) electrons. The Kier molecular flexibility index (Phi) is 3.40. The smallest absolute Gasteiger partial charge is 0.274 e. The molecule has 0 saturated heterocycles. The van der Waals surface area contributed by atoms with Crippen LogP contribution in [-0.2, 0) is 13.1 Å². The number of amides is 1. The van der Waals surface area contributed by atoms with Crippen LogP contribution in [-0.4, -0.2) is 22.6 Å². The summed E-state index contributed by atoms with van der Waals surface area (Å²) in [4.78, 5) is 13.4.